The lowest BCUT2D eigenvalue weighted by atomic mass is 9.94. The van der Waals surface area contributed by atoms with Gasteiger partial charge < -0.3 is 5.32 Å². The van der Waals surface area contributed by atoms with Gasteiger partial charge in [-0.25, -0.2) is 8.42 Å². The van der Waals surface area contributed by atoms with E-state index in [9.17, 15) is 31.6 Å². The third-order valence-electron chi connectivity index (χ3n) is 5.34. The summed E-state index contributed by atoms with van der Waals surface area (Å²) in [6.45, 7) is 0.0430. The van der Waals surface area contributed by atoms with E-state index in [1.165, 1.54) is 12.1 Å². The van der Waals surface area contributed by atoms with E-state index in [0.29, 0.717) is 16.5 Å². The molecule has 1 aliphatic rings. The summed E-state index contributed by atoms with van der Waals surface area (Å²) in [6.07, 6.45) is 0.194. The van der Waals surface area contributed by atoms with E-state index in [-0.39, 0.29) is 25.1 Å². The predicted octanol–water partition coefficient (Wildman–Crippen LogP) is 3.85. The van der Waals surface area contributed by atoms with Gasteiger partial charge in [0, 0.05) is 35.2 Å². The quantitative estimate of drug-likeness (QED) is 0.527. The predicted molar refractivity (Wildman–Crippen MR) is 117 cm³/mol. The standard InChI is InChI=1S/C23H18F2N2O5S/c24-23(25)33(31,32)16-11-9-15(10-12-16)26-19(28)8-3-13-27-21(29)17-6-1-4-14-5-2-7-18(20(14)17)22(27)30/h1-2,4-7,9-12,23H,3,8,13H2,(H,26,28). The zero-order valence-electron chi connectivity index (χ0n) is 17.1. The first-order valence-corrected chi connectivity index (χ1v) is 11.5. The first-order valence-electron chi connectivity index (χ1n) is 10.00. The summed E-state index contributed by atoms with van der Waals surface area (Å²) in [5.41, 5.74) is 1.11. The second-order valence-electron chi connectivity index (χ2n) is 7.45. The average molecular weight is 472 g/mol. The molecule has 4 rings (SSSR count). The number of amides is 3. The van der Waals surface area contributed by atoms with Crippen molar-refractivity contribution in [3.05, 3.63) is 71.8 Å². The Morgan fingerprint density at radius 3 is 2.03 bits per heavy atom. The third kappa shape index (κ3) is 4.21. The van der Waals surface area contributed by atoms with Crippen molar-refractivity contribution < 1.29 is 31.6 Å². The molecule has 1 N–H and O–H groups in total. The summed E-state index contributed by atoms with van der Waals surface area (Å²) in [5, 5.41) is 3.96. The minimum absolute atomic E-state index is 0.0139. The maximum absolute atomic E-state index is 12.8. The van der Waals surface area contributed by atoms with Gasteiger partial charge in [-0.15, -0.1) is 0 Å². The van der Waals surface area contributed by atoms with Gasteiger partial charge in [0.25, 0.3) is 11.8 Å². The summed E-state index contributed by atoms with van der Waals surface area (Å²) < 4.78 is 48.1. The summed E-state index contributed by atoms with van der Waals surface area (Å²) in [4.78, 5) is 38.5. The molecule has 170 valence electrons. The number of anilines is 1. The second kappa shape index (κ2) is 8.70. The lowest BCUT2D eigenvalue weighted by Gasteiger charge is -2.27. The van der Waals surface area contributed by atoms with Crippen LogP contribution < -0.4 is 5.32 Å². The van der Waals surface area contributed by atoms with Crippen molar-refractivity contribution in [2.24, 2.45) is 0 Å². The Hall–Kier alpha value is -3.66. The molecule has 33 heavy (non-hydrogen) atoms. The van der Waals surface area contributed by atoms with Crippen molar-refractivity contribution in [2.75, 3.05) is 11.9 Å². The molecule has 0 saturated carbocycles. The van der Waals surface area contributed by atoms with Crippen LogP contribution in [0.2, 0.25) is 0 Å². The molecule has 3 aromatic carbocycles. The Morgan fingerprint density at radius 1 is 0.909 bits per heavy atom. The lowest BCUT2D eigenvalue weighted by molar-refractivity contribution is -0.116. The molecule has 1 aliphatic heterocycles. The SMILES string of the molecule is O=C(CCCN1C(=O)c2cccc3cccc(c23)C1=O)Nc1ccc(S(=O)(=O)C(F)F)cc1. The van der Waals surface area contributed by atoms with Crippen LogP contribution in [0.25, 0.3) is 10.8 Å². The van der Waals surface area contributed by atoms with Crippen LogP contribution in [0.15, 0.2) is 65.6 Å². The first kappa shape index (κ1) is 22.5. The molecule has 0 radical (unpaired) electrons. The van der Waals surface area contributed by atoms with Gasteiger partial charge in [-0.2, -0.15) is 8.78 Å². The molecule has 3 aromatic rings. The van der Waals surface area contributed by atoms with Crippen molar-refractivity contribution in [3.8, 4) is 0 Å². The van der Waals surface area contributed by atoms with Gasteiger partial charge in [0.2, 0.25) is 15.7 Å². The van der Waals surface area contributed by atoms with Crippen LogP contribution in [0.1, 0.15) is 33.6 Å². The highest BCUT2D eigenvalue weighted by atomic mass is 32.2. The van der Waals surface area contributed by atoms with E-state index in [2.05, 4.69) is 5.32 Å². The summed E-state index contributed by atoms with van der Waals surface area (Å²) in [7, 11) is -4.71. The van der Waals surface area contributed by atoms with Crippen molar-refractivity contribution in [2.45, 2.75) is 23.5 Å². The summed E-state index contributed by atoms with van der Waals surface area (Å²) in [6, 6.07) is 14.9. The van der Waals surface area contributed by atoms with E-state index in [1.807, 2.05) is 12.1 Å². The molecule has 0 aromatic heterocycles. The number of nitrogens with one attached hydrogen (secondary N) is 1. The van der Waals surface area contributed by atoms with Crippen LogP contribution in [-0.2, 0) is 14.6 Å². The number of nitrogens with zero attached hydrogens (tertiary/aromatic N) is 1. The van der Waals surface area contributed by atoms with Crippen LogP contribution in [0.3, 0.4) is 0 Å². The molecule has 0 atom stereocenters. The lowest BCUT2D eigenvalue weighted by Crippen LogP contribution is -2.41. The van der Waals surface area contributed by atoms with Gasteiger partial charge in [-0.1, -0.05) is 24.3 Å². The molecule has 0 fully saturated rings. The van der Waals surface area contributed by atoms with Crippen molar-refractivity contribution in [1.29, 1.82) is 0 Å². The van der Waals surface area contributed by atoms with E-state index in [0.717, 1.165) is 22.4 Å². The normalized spacial score (nSPS) is 13.6. The van der Waals surface area contributed by atoms with Crippen LogP contribution >= 0.6 is 0 Å². The Labute approximate surface area is 187 Å². The summed E-state index contributed by atoms with van der Waals surface area (Å²) >= 11 is 0. The van der Waals surface area contributed by atoms with Gasteiger partial charge >= 0.3 is 5.76 Å². The van der Waals surface area contributed by atoms with Crippen molar-refractivity contribution >= 4 is 44.0 Å². The van der Waals surface area contributed by atoms with E-state index >= 15 is 0 Å². The van der Waals surface area contributed by atoms with E-state index in [4.69, 9.17) is 0 Å². The molecule has 0 bridgehead atoms. The summed E-state index contributed by atoms with van der Waals surface area (Å²) in [5.74, 6) is -4.79. The highest BCUT2D eigenvalue weighted by Gasteiger charge is 2.32. The maximum atomic E-state index is 12.8. The number of imide groups is 1. The van der Waals surface area contributed by atoms with Crippen LogP contribution in [0, 0.1) is 0 Å². The number of hydrogen-bond acceptors (Lipinski definition) is 5. The average Bonchev–Trinajstić information content (AvgIpc) is 2.79. The minimum atomic E-state index is -4.71. The van der Waals surface area contributed by atoms with Gasteiger partial charge in [0.05, 0.1) is 4.90 Å². The number of halogens is 2. The highest BCUT2D eigenvalue weighted by molar-refractivity contribution is 7.91. The topological polar surface area (TPSA) is 101 Å². The molecular formula is C23H18F2N2O5S. The number of carbonyl (C=O) groups is 3. The highest BCUT2D eigenvalue weighted by Crippen LogP contribution is 2.30. The molecular weight excluding hydrogens is 454 g/mol. The van der Waals surface area contributed by atoms with Gasteiger partial charge in [-0.3, -0.25) is 19.3 Å². The molecule has 3 amide bonds. The Bertz CT molecular complexity index is 1320. The largest absolute Gasteiger partial charge is 0.341 e. The smallest absolute Gasteiger partial charge is 0.326 e. The van der Waals surface area contributed by atoms with Gasteiger partial charge in [0.1, 0.15) is 0 Å². The Balaban J connectivity index is 1.37. The number of hydrogen-bond donors (Lipinski definition) is 1. The molecule has 0 aliphatic carbocycles. The van der Waals surface area contributed by atoms with E-state index < -0.39 is 38.2 Å². The van der Waals surface area contributed by atoms with Crippen LogP contribution in [0.5, 0.6) is 0 Å². The van der Waals surface area contributed by atoms with Crippen LogP contribution in [0.4, 0.5) is 14.5 Å². The maximum Gasteiger partial charge on any atom is 0.341 e. The number of benzene rings is 3. The molecule has 0 unspecified atom stereocenters. The third-order valence-corrected chi connectivity index (χ3v) is 6.74. The van der Waals surface area contributed by atoms with E-state index in [1.54, 1.807) is 24.3 Å². The number of alkyl halides is 2. The van der Waals surface area contributed by atoms with Gasteiger partial charge in [-0.05, 0) is 48.2 Å². The minimum Gasteiger partial charge on any atom is -0.326 e. The molecule has 10 heteroatoms. The monoisotopic (exact) mass is 472 g/mol. The Kier molecular flexibility index (Phi) is 5.94. The molecule has 1 heterocycles. The number of sulfone groups is 1. The number of rotatable bonds is 7. The Morgan fingerprint density at radius 2 is 1.48 bits per heavy atom. The number of carbonyl (C=O) groups excluding carboxylic acids is 3. The zero-order chi connectivity index (χ0) is 23.8. The second-order valence-corrected chi connectivity index (χ2v) is 9.37. The molecule has 7 nitrogen and oxygen atoms in total. The fourth-order valence-electron chi connectivity index (χ4n) is 3.74. The molecule has 0 saturated heterocycles. The van der Waals surface area contributed by atoms with Crippen molar-refractivity contribution in [1.82, 2.24) is 4.90 Å². The van der Waals surface area contributed by atoms with Crippen molar-refractivity contribution in [3.63, 3.8) is 0 Å². The fourth-order valence-corrected chi connectivity index (χ4v) is 4.46. The first-order chi connectivity index (χ1) is 15.7. The molecule has 0 spiro atoms. The van der Waals surface area contributed by atoms with Gasteiger partial charge in [0.15, 0.2) is 0 Å². The van der Waals surface area contributed by atoms with Crippen LogP contribution in [-0.4, -0.2) is 43.3 Å². The zero-order valence-corrected chi connectivity index (χ0v) is 17.9. The fraction of sp³-hybridized carbons (Fsp3) is 0.174.